The molecule has 4 heterocycles. The van der Waals surface area contributed by atoms with Gasteiger partial charge in [0.1, 0.15) is 5.76 Å². The van der Waals surface area contributed by atoms with Crippen molar-refractivity contribution in [3.8, 4) is 0 Å². The molecule has 0 saturated carbocycles. The number of aryl methyl sites for hydroxylation is 2. The van der Waals surface area contributed by atoms with Gasteiger partial charge in [-0.2, -0.15) is 39.5 Å². The zero-order valence-electron chi connectivity index (χ0n) is 25.0. The number of halogens is 9. The molecular weight excluding hydrogens is 663 g/mol. The van der Waals surface area contributed by atoms with Crippen molar-refractivity contribution in [2.75, 3.05) is 26.2 Å². The second-order valence-electron chi connectivity index (χ2n) is 10.6. The summed E-state index contributed by atoms with van der Waals surface area (Å²) in [5.41, 5.74) is 4.02. The van der Waals surface area contributed by atoms with E-state index in [1.165, 1.54) is 63.1 Å². The molecule has 0 aliphatic carbocycles. The van der Waals surface area contributed by atoms with Crippen LogP contribution in [0.5, 0.6) is 0 Å². The van der Waals surface area contributed by atoms with Crippen LogP contribution in [0.1, 0.15) is 48.4 Å². The molecule has 0 aromatic carbocycles. The van der Waals surface area contributed by atoms with E-state index in [1.54, 1.807) is 0 Å². The lowest BCUT2D eigenvalue weighted by molar-refractivity contribution is -0.193. The molecule has 4 rings (SSSR count). The van der Waals surface area contributed by atoms with Gasteiger partial charge in [0.15, 0.2) is 0 Å². The first kappa shape index (κ1) is 41.1. The molecule has 2 fully saturated rings. The van der Waals surface area contributed by atoms with E-state index >= 15 is 0 Å². The first-order valence-electron chi connectivity index (χ1n) is 13.6. The number of carboxylic acids is 3. The average molecular weight is 697 g/mol. The van der Waals surface area contributed by atoms with Gasteiger partial charge >= 0.3 is 36.4 Å². The van der Waals surface area contributed by atoms with Crippen molar-refractivity contribution in [1.29, 1.82) is 0 Å². The van der Waals surface area contributed by atoms with Crippen LogP contribution in [0.2, 0.25) is 0 Å². The summed E-state index contributed by atoms with van der Waals surface area (Å²) in [4.78, 5) is 36.4. The molecule has 47 heavy (non-hydrogen) atoms. The van der Waals surface area contributed by atoms with Crippen molar-refractivity contribution in [3.63, 3.8) is 0 Å². The van der Waals surface area contributed by atoms with E-state index in [1.807, 2.05) is 26.1 Å². The number of alkyl halides is 9. The molecule has 0 amide bonds. The first-order valence-corrected chi connectivity index (χ1v) is 13.6. The smallest absolute Gasteiger partial charge is 0.475 e. The number of aliphatic carboxylic acids is 3. The summed E-state index contributed by atoms with van der Waals surface area (Å²) < 4.78 is 101. The maximum atomic E-state index is 10.6. The van der Waals surface area contributed by atoms with Gasteiger partial charge in [-0.05, 0) is 76.7 Å². The van der Waals surface area contributed by atoms with Gasteiger partial charge in [0.2, 0.25) is 0 Å². The normalized spacial score (nSPS) is 16.8. The van der Waals surface area contributed by atoms with Gasteiger partial charge in [-0.1, -0.05) is 11.2 Å². The quantitative estimate of drug-likeness (QED) is 0.349. The van der Waals surface area contributed by atoms with Crippen LogP contribution in [0.4, 0.5) is 39.5 Å². The lowest BCUT2D eigenvalue weighted by Crippen LogP contribution is -2.49. The topological polar surface area (TPSA) is 157 Å². The highest BCUT2D eigenvalue weighted by atomic mass is 19.4. The largest absolute Gasteiger partial charge is 0.490 e. The highest BCUT2D eigenvalue weighted by Crippen LogP contribution is 2.40. The fourth-order valence-electron chi connectivity index (χ4n) is 4.71. The Morgan fingerprint density at radius 3 is 1.66 bits per heavy atom. The predicted molar refractivity (Wildman–Crippen MR) is 143 cm³/mol. The Balaban J connectivity index is 0.000000430. The number of hydrogen-bond donors (Lipinski definition) is 3. The van der Waals surface area contributed by atoms with Crippen molar-refractivity contribution in [1.82, 2.24) is 19.9 Å². The number of hydrogen-bond acceptors (Lipinski definition) is 8. The third-order valence-corrected chi connectivity index (χ3v) is 7.06. The number of likely N-dealkylation sites (tertiary alicyclic amines) is 2. The van der Waals surface area contributed by atoms with Crippen molar-refractivity contribution >= 4 is 17.9 Å². The van der Waals surface area contributed by atoms with E-state index in [-0.39, 0.29) is 0 Å². The fourth-order valence-corrected chi connectivity index (χ4v) is 4.71. The lowest BCUT2D eigenvalue weighted by atomic mass is 9.72. The molecule has 2 aliphatic rings. The first-order chi connectivity index (χ1) is 21.5. The van der Waals surface area contributed by atoms with E-state index in [4.69, 9.17) is 34.2 Å². The van der Waals surface area contributed by atoms with Crippen molar-refractivity contribution < 1.29 is 73.7 Å². The highest BCUT2D eigenvalue weighted by Gasteiger charge is 2.40. The van der Waals surface area contributed by atoms with Crippen molar-refractivity contribution in [3.05, 3.63) is 47.1 Å². The van der Waals surface area contributed by atoms with Crippen molar-refractivity contribution in [2.24, 2.45) is 5.41 Å². The van der Waals surface area contributed by atoms with Crippen LogP contribution in [0.25, 0.3) is 0 Å². The predicted octanol–water partition coefficient (Wildman–Crippen LogP) is 5.46. The second-order valence-corrected chi connectivity index (χ2v) is 10.6. The SMILES string of the molecule is Cc1noc(C)c1CN1CCC2(CCCN(Cc3ccccn3)C2)CC1.O=C(O)C(F)(F)F.O=C(O)C(F)(F)F.O=C(O)C(F)(F)F. The molecule has 20 heteroatoms. The maximum Gasteiger partial charge on any atom is 0.490 e. The molecule has 2 saturated heterocycles. The molecule has 2 aromatic heterocycles. The summed E-state index contributed by atoms with van der Waals surface area (Å²) in [5.74, 6) is -7.30. The summed E-state index contributed by atoms with van der Waals surface area (Å²) in [6.45, 7) is 10.8. The molecule has 3 N–H and O–H groups in total. The average Bonchev–Trinajstić information content (AvgIpc) is 3.27. The van der Waals surface area contributed by atoms with Crippen LogP contribution in [-0.4, -0.2) is 97.9 Å². The minimum absolute atomic E-state index is 0.502. The number of carboxylic acid groups (broad SMARTS) is 3. The molecule has 2 aliphatic heterocycles. The maximum absolute atomic E-state index is 10.6. The van der Waals surface area contributed by atoms with E-state index in [9.17, 15) is 39.5 Å². The van der Waals surface area contributed by atoms with Gasteiger partial charge in [0.25, 0.3) is 0 Å². The molecule has 1 spiro atoms. The Morgan fingerprint density at radius 2 is 1.28 bits per heavy atom. The summed E-state index contributed by atoms with van der Waals surface area (Å²) >= 11 is 0. The number of pyridine rings is 1. The molecule has 11 nitrogen and oxygen atoms in total. The number of carbonyl (C=O) groups is 3. The van der Waals surface area contributed by atoms with Gasteiger partial charge in [-0.3, -0.25) is 14.8 Å². The van der Waals surface area contributed by atoms with Crippen LogP contribution < -0.4 is 0 Å². The van der Waals surface area contributed by atoms with Crippen LogP contribution in [0.15, 0.2) is 28.9 Å². The van der Waals surface area contributed by atoms with Gasteiger partial charge in [-0.25, -0.2) is 14.4 Å². The highest BCUT2D eigenvalue weighted by molar-refractivity contribution is 5.73. The zero-order valence-corrected chi connectivity index (χ0v) is 25.0. The minimum atomic E-state index is -5.08. The van der Waals surface area contributed by atoms with E-state index < -0.39 is 36.4 Å². The van der Waals surface area contributed by atoms with E-state index in [2.05, 4.69) is 32.1 Å². The summed E-state index contributed by atoms with van der Waals surface area (Å²) in [5, 5.41) is 25.5. The van der Waals surface area contributed by atoms with Gasteiger partial charge in [0, 0.05) is 31.4 Å². The molecule has 0 unspecified atom stereocenters. The monoisotopic (exact) mass is 696 g/mol. The number of aromatic nitrogens is 2. The Kier molecular flexibility index (Phi) is 15.1. The number of rotatable bonds is 4. The van der Waals surface area contributed by atoms with Gasteiger partial charge in [-0.15, -0.1) is 0 Å². The Hall–Kier alpha value is -3.94. The third-order valence-electron chi connectivity index (χ3n) is 7.06. The standard InChI is InChI=1S/C21H30N4O.3C2HF3O2/c1-17-20(18(2)26-23-17)15-24-12-8-21(9-13-24)7-5-11-25(16-21)14-19-6-3-4-10-22-19;3*3-2(4,5)1(6)7/h3-4,6,10H,5,7-9,11-16H2,1-2H3;3*(H,6,7). The zero-order chi connectivity index (χ0) is 36.2. The molecule has 0 bridgehead atoms. The molecule has 0 atom stereocenters. The molecule has 0 radical (unpaired) electrons. The molecule has 2 aromatic rings. The molecular formula is C27H33F9N4O7. The van der Waals surface area contributed by atoms with Crippen molar-refractivity contribution in [2.45, 2.75) is 71.1 Å². The molecule has 266 valence electrons. The summed E-state index contributed by atoms with van der Waals surface area (Å²) in [6.07, 6.45) is -8.05. The van der Waals surface area contributed by atoms with Crippen LogP contribution in [0, 0.1) is 19.3 Å². The number of nitrogens with zero attached hydrogens (tertiary/aromatic N) is 4. The van der Waals surface area contributed by atoms with E-state index in [0.717, 1.165) is 24.5 Å². The van der Waals surface area contributed by atoms with Gasteiger partial charge < -0.3 is 19.8 Å². The Morgan fingerprint density at radius 1 is 0.787 bits per heavy atom. The van der Waals surface area contributed by atoms with Crippen LogP contribution in [0.3, 0.4) is 0 Å². The number of piperidine rings is 2. The van der Waals surface area contributed by atoms with Crippen LogP contribution in [-0.2, 0) is 27.5 Å². The van der Waals surface area contributed by atoms with E-state index in [0.29, 0.717) is 5.41 Å². The lowest BCUT2D eigenvalue weighted by Gasteiger charge is -2.47. The van der Waals surface area contributed by atoms with Gasteiger partial charge in [0.05, 0.1) is 11.4 Å². The fraction of sp³-hybridized carbons (Fsp3) is 0.593. The van der Waals surface area contributed by atoms with Crippen LogP contribution >= 0.6 is 0 Å². The summed E-state index contributed by atoms with van der Waals surface area (Å²) in [6, 6.07) is 6.23. The Labute approximate surface area is 261 Å². The Bertz CT molecular complexity index is 1220. The third kappa shape index (κ3) is 15.0. The summed E-state index contributed by atoms with van der Waals surface area (Å²) in [7, 11) is 0. The second kappa shape index (κ2) is 17.3. The minimum Gasteiger partial charge on any atom is -0.475 e.